The van der Waals surface area contributed by atoms with Crippen LogP contribution in [-0.2, 0) is 5.13 Å². The van der Waals surface area contributed by atoms with Gasteiger partial charge in [-0.1, -0.05) is 0 Å². The van der Waals surface area contributed by atoms with E-state index in [4.69, 9.17) is 0 Å². The summed E-state index contributed by atoms with van der Waals surface area (Å²) in [5.41, 5.74) is 0. The fourth-order valence-electron chi connectivity index (χ4n) is 0.0113. The van der Waals surface area contributed by atoms with Crippen LogP contribution in [0.3, 0.4) is 0 Å². The third-order valence-electron chi connectivity index (χ3n) is 0.0556. The van der Waals surface area contributed by atoms with Crippen LogP contribution in [0.2, 0.25) is 0 Å². The predicted octanol–water partition coefficient (Wildman–Crippen LogP) is -0.306. The summed E-state index contributed by atoms with van der Waals surface area (Å²) in [7, 11) is 0. The molecule has 0 aliphatic carbocycles. The molecule has 0 rings (SSSR count). The average molecular weight is 536 g/mol. The molecule has 0 saturated heterocycles. The molecule has 0 heterocycles. The van der Waals surface area contributed by atoms with E-state index < -0.39 is 52.9 Å². The Kier molecular flexibility index (Phi) is 7.23. The maximum absolute atomic E-state index is 9.34. The molecular formula is O3Pu2. The first-order valence-corrected chi connectivity index (χ1v) is 6.22. The molecule has 0 aliphatic rings. The van der Waals surface area contributed by atoms with Gasteiger partial charge in [-0.3, -0.25) is 0 Å². The first-order chi connectivity index (χ1) is 2.41. The Morgan fingerprint density at radius 2 is 1.60 bits per heavy atom. The normalized spacial score (nSPS) is 4.80. The van der Waals surface area contributed by atoms with E-state index in [0.29, 0.717) is 0 Å². The Morgan fingerprint density at radius 3 is 1.60 bits per heavy atom. The molecule has 0 unspecified atom stereocenters. The molecule has 0 fully saturated rings. The molecule has 0 radical (unpaired) electrons. The van der Waals surface area contributed by atoms with Crippen molar-refractivity contribution in [1.82, 2.24) is 0 Å². The Balaban J connectivity index is 2.65. The molecule has 5 heteroatoms. The zero-order chi connectivity index (χ0) is 4.12. The number of hydrogen-bond acceptors (Lipinski definition) is 3. The van der Waals surface area contributed by atoms with Crippen molar-refractivity contribution in [3.05, 3.63) is 0 Å². The second-order valence-corrected chi connectivity index (χ2v) is 7.19. The maximum atomic E-state index is 9.34. The first-order valence-electron chi connectivity index (χ1n) is 0.667. The summed E-state index contributed by atoms with van der Waals surface area (Å²) in [6.07, 6.45) is 0. The van der Waals surface area contributed by atoms with E-state index in [-0.39, 0.29) is 0 Å². The van der Waals surface area contributed by atoms with E-state index in [1.165, 1.54) is 0 Å². The van der Waals surface area contributed by atoms with Gasteiger partial charge in [-0.25, -0.2) is 0 Å². The molecule has 0 atom stereocenters. The fraction of sp³-hybridized carbons (Fsp3) is 0. The van der Waals surface area contributed by atoms with Gasteiger partial charge >= 0.3 is 58.0 Å². The van der Waals surface area contributed by atoms with Crippen LogP contribution >= 0.6 is 0 Å². The molecule has 0 aliphatic heterocycles. The molecule has 5 heavy (non-hydrogen) atoms. The van der Waals surface area contributed by atoms with Crippen LogP contribution in [0.5, 0.6) is 0 Å². The van der Waals surface area contributed by atoms with Crippen molar-refractivity contribution in [2.24, 2.45) is 0 Å². The van der Waals surface area contributed by atoms with Gasteiger partial charge in [-0.05, 0) is 0 Å². The summed E-state index contributed by atoms with van der Waals surface area (Å²) in [6, 6.07) is 0. The molecule has 0 amide bonds. The minimum atomic E-state index is -1.90. The summed E-state index contributed by atoms with van der Waals surface area (Å²) in [5.74, 6) is 0. The molecule has 30 valence electrons. The van der Waals surface area contributed by atoms with Gasteiger partial charge in [0.1, 0.15) is 0 Å². The monoisotopic (exact) mass is 524 g/mol. The molecule has 0 aromatic carbocycles. The molecule has 0 aromatic heterocycles. The Bertz CT molecular complexity index is 34.2. The van der Waals surface area contributed by atoms with Gasteiger partial charge in [-0.15, -0.1) is 0 Å². The van der Waals surface area contributed by atoms with E-state index in [1.54, 1.807) is 0 Å². The summed E-state index contributed by atoms with van der Waals surface area (Å²) >= 11 is -3.80. The molecule has 0 spiro atoms. The van der Waals surface area contributed by atoms with Gasteiger partial charge in [0.25, 0.3) is 0 Å². The van der Waals surface area contributed by atoms with E-state index in [1.807, 2.05) is 0 Å². The van der Waals surface area contributed by atoms with Gasteiger partial charge in [0.2, 0.25) is 0 Å². The molecule has 0 aromatic rings. The van der Waals surface area contributed by atoms with Gasteiger partial charge in [0, 0.05) is 0 Å². The van der Waals surface area contributed by atoms with Gasteiger partial charge in [0.05, 0.1) is 0 Å². The van der Waals surface area contributed by atoms with Crippen molar-refractivity contribution in [3.8, 4) is 0 Å². The molecule has 0 N–H and O–H groups in total. The van der Waals surface area contributed by atoms with Crippen LogP contribution in [0.25, 0.3) is 0 Å². The second-order valence-electron chi connectivity index (χ2n) is 0.204. The third-order valence-corrected chi connectivity index (χ3v) is 4.83. The first kappa shape index (κ1) is 6.53. The third kappa shape index (κ3) is 5.53. The quantitative estimate of drug-likeness (QED) is 0.488. The van der Waals surface area contributed by atoms with Crippen LogP contribution in [0.15, 0.2) is 0 Å². The van der Waals surface area contributed by atoms with E-state index in [0.717, 1.165) is 0 Å². The van der Waals surface area contributed by atoms with Crippen molar-refractivity contribution < 1.29 is 58.0 Å². The van der Waals surface area contributed by atoms with E-state index in [9.17, 15) is 4.93 Å². The van der Waals surface area contributed by atoms with Crippen molar-refractivity contribution in [2.75, 3.05) is 0 Å². The average Bonchev–Trinajstić information content (AvgIpc) is 1.41. The van der Waals surface area contributed by atoms with Crippen LogP contribution in [0.1, 0.15) is 0 Å². The molecule has 0 bridgehead atoms. The molecule has 3 nitrogen and oxygen atoms in total. The van der Waals surface area contributed by atoms with Crippen LogP contribution < -0.4 is 0 Å². The Labute approximate surface area is 57.2 Å². The summed E-state index contributed by atoms with van der Waals surface area (Å²) in [6.45, 7) is 0. The van der Waals surface area contributed by atoms with Crippen molar-refractivity contribution in [2.45, 2.75) is 0 Å². The number of hydrogen-bond donors (Lipinski definition) is 0. The van der Waals surface area contributed by atoms with E-state index >= 15 is 0 Å². The van der Waals surface area contributed by atoms with Crippen molar-refractivity contribution in [3.63, 3.8) is 0 Å². The number of rotatable bonds is 2. The summed E-state index contributed by atoms with van der Waals surface area (Å²) in [5, 5.41) is 0. The van der Waals surface area contributed by atoms with Gasteiger partial charge < -0.3 is 0 Å². The van der Waals surface area contributed by atoms with Crippen molar-refractivity contribution in [1.29, 1.82) is 0 Å². The van der Waals surface area contributed by atoms with Gasteiger partial charge in [-0.2, -0.15) is 0 Å². The van der Waals surface area contributed by atoms with E-state index in [2.05, 4.69) is 0.201 Å². The Hall–Kier alpha value is 1.53. The van der Waals surface area contributed by atoms with Crippen molar-refractivity contribution >= 4 is 0 Å². The zero-order valence-corrected chi connectivity index (χ0v) is 8.84. The molecular weight excluding hydrogens is 536 g/mol. The SMILES string of the molecule is [O]=[Pu][O][Pu]=[O]. The van der Waals surface area contributed by atoms with Crippen LogP contribution in [0.4, 0.5) is 0 Å². The minimum absolute atomic E-state index is 1.90. The van der Waals surface area contributed by atoms with Crippen LogP contribution in [0, 0.1) is 52.9 Å². The predicted molar refractivity (Wildman–Crippen MR) is 2.46 cm³/mol. The second kappa shape index (κ2) is 5.53. The van der Waals surface area contributed by atoms with Crippen LogP contribution in [-0.4, -0.2) is 0 Å². The van der Waals surface area contributed by atoms with Gasteiger partial charge in [0.15, 0.2) is 0 Å². The zero-order valence-electron chi connectivity index (χ0n) is 2.04. The fourth-order valence-corrected chi connectivity index (χ4v) is 0.987. The molecule has 0 saturated carbocycles. The Morgan fingerprint density at radius 1 is 1.20 bits per heavy atom. The standard InChI is InChI=1S/3O.2Pu. The summed E-state index contributed by atoms with van der Waals surface area (Å²) in [4.78, 5) is 0. The summed E-state index contributed by atoms with van der Waals surface area (Å²) < 4.78 is 22.8. The topological polar surface area (TPSA) is 43.4 Å².